The Balaban J connectivity index is 2.74. The number of pyridine rings is 1. The smallest absolute Gasteiger partial charge is 0.320 e. The van der Waals surface area contributed by atoms with Crippen LogP contribution in [-0.4, -0.2) is 48.1 Å². The van der Waals surface area contributed by atoms with Crippen LogP contribution in [0.3, 0.4) is 0 Å². The molecule has 1 aromatic heterocycles. The fourth-order valence-electron chi connectivity index (χ4n) is 1.99. The van der Waals surface area contributed by atoms with Gasteiger partial charge in [-0.3, -0.25) is 19.5 Å². The van der Waals surface area contributed by atoms with Crippen molar-refractivity contribution in [1.82, 2.24) is 9.88 Å². The zero-order valence-electron chi connectivity index (χ0n) is 13.5. The van der Waals surface area contributed by atoms with Crippen LogP contribution in [-0.2, 0) is 32.0 Å². The second kappa shape index (κ2) is 9.89. The molecule has 0 atom stereocenters. The van der Waals surface area contributed by atoms with Crippen LogP contribution >= 0.6 is 0 Å². The van der Waals surface area contributed by atoms with E-state index in [0.717, 1.165) is 17.8 Å². The van der Waals surface area contributed by atoms with E-state index in [2.05, 4.69) is 4.98 Å². The van der Waals surface area contributed by atoms with Crippen LogP contribution in [0.5, 0.6) is 0 Å². The van der Waals surface area contributed by atoms with Gasteiger partial charge in [-0.2, -0.15) is 0 Å². The Morgan fingerprint density at radius 3 is 2.05 bits per heavy atom. The van der Waals surface area contributed by atoms with Crippen molar-refractivity contribution in [2.45, 2.75) is 33.7 Å². The lowest BCUT2D eigenvalue weighted by Gasteiger charge is -2.20. The van der Waals surface area contributed by atoms with Crippen molar-refractivity contribution in [3.8, 4) is 0 Å². The molecule has 6 nitrogen and oxygen atoms in total. The molecule has 0 radical (unpaired) electrons. The molecule has 0 bridgehead atoms. The predicted molar refractivity (Wildman–Crippen MR) is 82.2 cm³/mol. The van der Waals surface area contributed by atoms with E-state index in [4.69, 9.17) is 9.47 Å². The minimum Gasteiger partial charge on any atom is -0.465 e. The average Bonchev–Trinajstić information content (AvgIpc) is 2.47. The standard InChI is InChI=1S/C16H24N2O4/c1-4-13-8-7-9-14(17-13)10-18(11-15(19)21-5-2)12-16(20)22-6-3/h7-9H,4-6,10-12H2,1-3H3. The Labute approximate surface area is 131 Å². The van der Waals surface area contributed by atoms with E-state index in [1.165, 1.54) is 0 Å². The molecule has 1 aromatic rings. The van der Waals surface area contributed by atoms with Gasteiger partial charge in [0.25, 0.3) is 0 Å². The number of hydrogen-bond donors (Lipinski definition) is 0. The van der Waals surface area contributed by atoms with Crippen LogP contribution in [0.15, 0.2) is 18.2 Å². The monoisotopic (exact) mass is 308 g/mol. The first-order chi connectivity index (χ1) is 10.6. The van der Waals surface area contributed by atoms with E-state index < -0.39 is 0 Å². The molecule has 0 aliphatic carbocycles. The molecule has 122 valence electrons. The van der Waals surface area contributed by atoms with Crippen molar-refractivity contribution in [1.29, 1.82) is 0 Å². The van der Waals surface area contributed by atoms with Crippen LogP contribution in [0.2, 0.25) is 0 Å². The summed E-state index contributed by atoms with van der Waals surface area (Å²) in [6.07, 6.45) is 0.837. The normalized spacial score (nSPS) is 10.5. The summed E-state index contributed by atoms with van der Waals surface area (Å²) in [4.78, 5) is 29.5. The first-order valence-corrected chi connectivity index (χ1v) is 7.57. The van der Waals surface area contributed by atoms with Gasteiger partial charge in [0.1, 0.15) is 0 Å². The van der Waals surface area contributed by atoms with Crippen LogP contribution in [0.1, 0.15) is 32.2 Å². The van der Waals surface area contributed by atoms with Crippen molar-refractivity contribution in [3.05, 3.63) is 29.6 Å². The maximum atomic E-state index is 11.7. The fraction of sp³-hybridized carbons (Fsp3) is 0.562. The minimum absolute atomic E-state index is 0.0324. The lowest BCUT2D eigenvalue weighted by Crippen LogP contribution is -2.36. The van der Waals surface area contributed by atoms with Gasteiger partial charge in [0, 0.05) is 12.2 Å². The van der Waals surface area contributed by atoms with Crippen LogP contribution in [0, 0.1) is 0 Å². The molecule has 1 rings (SSSR count). The summed E-state index contributed by atoms with van der Waals surface area (Å²) in [6.45, 7) is 6.62. The SMILES string of the molecule is CCOC(=O)CN(CC(=O)OCC)Cc1cccc(CC)n1. The van der Waals surface area contributed by atoms with Gasteiger partial charge in [0.2, 0.25) is 0 Å². The van der Waals surface area contributed by atoms with Crippen molar-refractivity contribution in [2.24, 2.45) is 0 Å². The number of esters is 2. The third-order valence-corrected chi connectivity index (χ3v) is 2.93. The minimum atomic E-state index is -0.363. The molecule has 22 heavy (non-hydrogen) atoms. The van der Waals surface area contributed by atoms with Gasteiger partial charge < -0.3 is 9.47 Å². The van der Waals surface area contributed by atoms with Gasteiger partial charge in [-0.25, -0.2) is 0 Å². The Bertz CT molecular complexity index is 471. The lowest BCUT2D eigenvalue weighted by molar-refractivity contribution is -0.148. The molecular weight excluding hydrogens is 284 g/mol. The summed E-state index contributed by atoms with van der Waals surface area (Å²) in [6, 6.07) is 5.75. The molecule has 0 N–H and O–H groups in total. The molecule has 0 aliphatic heterocycles. The molecule has 6 heteroatoms. The molecule has 0 amide bonds. The van der Waals surface area contributed by atoms with E-state index in [1.807, 2.05) is 25.1 Å². The zero-order valence-corrected chi connectivity index (χ0v) is 13.5. The van der Waals surface area contributed by atoms with Gasteiger partial charge in [-0.1, -0.05) is 13.0 Å². The Kier molecular flexibility index (Phi) is 8.14. The van der Waals surface area contributed by atoms with E-state index >= 15 is 0 Å². The maximum absolute atomic E-state index is 11.7. The molecule has 0 unspecified atom stereocenters. The maximum Gasteiger partial charge on any atom is 0.320 e. The van der Waals surface area contributed by atoms with Crippen molar-refractivity contribution in [3.63, 3.8) is 0 Å². The van der Waals surface area contributed by atoms with Crippen molar-refractivity contribution >= 4 is 11.9 Å². The molecule has 0 saturated carbocycles. The molecule has 0 aliphatic rings. The van der Waals surface area contributed by atoms with Gasteiger partial charge in [-0.15, -0.1) is 0 Å². The van der Waals surface area contributed by atoms with E-state index in [9.17, 15) is 9.59 Å². The highest BCUT2D eigenvalue weighted by atomic mass is 16.5. The second-order valence-electron chi connectivity index (χ2n) is 4.73. The summed E-state index contributed by atoms with van der Waals surface area (Å²) in [5, 5.41) is 0. The summed E-state index contributed by atoms with van der Waals surface area (Å²) in [5.74, 6) is -0.725. The number of aryl methyl sites for hydroxylation is 1. The largest absolute Gasteiger partial charge is 0.465 e. The number of rotatable bonds is 9. The molecule has 0 saturated heterocycles. The fourth-order valence-corrected chi connectivity index (χ4v) is 1.99. The molecule has 0 fully saturated rings. The highest BCUT2D eigenvalue weighted by Crippen LogP contribution is 2.05. The predicted octanol–water partition coefficient (Wildman–Crippen LogP) is 1.57. The summed E-state index contributed by atoms with van der Waals surface area (Å²) in [5.41, 5.74) is 1.79. The number of carbonyl (C=O) groups is 2. The number of aromatic nitrogens is 1. The van der Waals surface area contributed by atoms with Crippen molar-refractivity contribution in [2.75, 3.05) is 26.3 Å². The van der Waals surface area contributed by atoms with E-state index in [0.29, 0.717) is 19.8 Å². The van der Waals surface area contributed by atoms with E-state index in [-0.39, 0.29) is 25.0 Å². The lowest BCUT2D eigenvalue weighted by atomic mass is 10.2. The average molecular weight is 308 g/mol. The van der Waals surface area contributed by atoms with Gasteiger partial charge in [0.15, 0.2) is 0 Å². The van der Waals surface area contributed by atoms with Crippen LogP contribution in [0.4, 0.5) is 0 Å². The summed E-state index contributed by atoms with van der Waals surface area (Å²) in [7, 11) is 0. The third kappa shape index (κ3) is 6.67. The Morgan fingerprint density at radius 1 is 1.00 bits per heavy atom. The number of ether oxygens (including phenoxy) is 2. The number of nitrogens with zero attached hydrogens (tertiary/aromatic N) is 2. The Hall–Kier alpha value is -1.95. The second-order valence-corrected chi connectivity index (χ2v) is 4.73. The summed E-state index contributed by atoms with van der Waals surface area (Å²) >= 11 is 0. The van der Waals surface area contributed by atoms with Crippen LogP contribution < -0.4 is 0 Å². The quantitative estimate of drug-likeness (QED) is 0.645. The Morgan fingerprint density at radius 2 is 1.55 bits per heavy atom. The van der Waals surface area contributed by atoms with Crippen LogP contribution in [0.25, 0.3) is 0 Å². The van der Waals surface area contributed by atoms with Gasteiger partial charge >= 0.3 is 11.9 Å². The van der Waals surface area contributed by atoms with E-state index in [1.54, 1.807) is 18.7 Å². The summed E-state index contributed by atoms with van der Waals surface area (Å²) < 4.78 is 9.89. The topological polar surface area (TPSA) is 68.7 Å². The molecule has 1 heterocycles. The highest BCUT2D eigenvalue weighted by molar-refractivity contribution is 5.75. The molecule has 0 spiro atoms. The first kappa shape index (κ1) is 18.1. The third-order valence-electron chi connectivity index (χ3n) is 2.93. The number of hydrogen-bond acceptors (Lipinski definition) is 6. The molecular formula is C16H24N2O4. The number of carbonyl (C=O) groups excluding carboxylic acids is 2. The van der Waals surface area contributed by atoms with Gasteiger partial charge in [0.05, 0.1) is 32.0 Å². The molecule has 0 aromatic carbocycles. The van der Waals surface area contributed by atoms with Crippen molar-refractivity contribution < 1.29 is 19.1 Å². The highest BCUT2D eigenvalue weighted by Gasteiger charge is 2.17. The van der Waals surface area contributed by atoms with Gasteiger partial charge in [-0.05, 0) is 32.4 Å². The zero-order chi connectivity index (χ0) is 16.4. The first-order valence-electron chi connectivity index (χ1n) is 7.57.